The Morgan fingerprint density at radius 1 is 1.16 bits per heavy atom. The number of carbonyl (C=O) groups is 1. The third-order valence-electron chi connectivity index (χ3n) is 4.36. The average molecular weight is 335 g/mol. The Morgan fingerprint density at radius 2 is 2.00 bits per heavy atom. The third-order valence-corrected chi connectivity index (χ3v) is 4.36. The molecule has 0 radical (unpaired) electrons. The van der Waals surface area contributed by atoms with Gasteiger partial charge in [0.15, 0.2) is 0 Å². The van der Waals surface area contributed by atoms with Crippen molar-refractivity contribution in [2.24, 2.45) is 0 Å². The summed E-state index contributed by atoms with van der Waals surface area (Å²) in [6.45, 7) is -0.0317. The standard InChI is InChI=1S/C20H21N3O2/c24-15-20(11-2-3-12-20)23-19(25)22-18-8-5-6-16(14-18)9-10-17-7-1-4-13-21-17/h1,4-8,13-14,24H,2-3,11-12,15H2,(H2,22,23,25). The van der Waals surface area contributed by atoms with Gasteiger partial charge in [-0.05, 0) is 49.1 Å². The van der Waals surface area contributed by atoms with Crippen LogP contribution < -0.4 is 10.6 Å². The van der Waals surface area contributed by atoms with E-state index in [-0.39, 0.29) is 12.6 Å². The van der Waals surface area contributed by atoms with Crippen LogP contribution >= 0.6 is 0 Å². The van der Waals surface area contributed by atoms with Crippen LogP contribution in [-0.2, 0) is 0 Å². The van der Waals surface area contributed by atoms with Gasteiger partial charge in [0.2, 0.25) is 0 Å². The van der Waals surface area contributed by atoms with E-state index >= 15 is 0 Å². The van der Waals surface area contributed by atoms with E-state index in [0.717, 1.165) is 31.2 Å². The fourth-order valence-corrected chi connectivity index (χ4v) is 3.03. The highest BCUT2D eigenvalue weighted by molar-refractivity contribution is 5.90. The summed E-state index contributed by atoms with van der Waals surface area (Å²) in [5, 5.41) is 15.3. The lowest BCUT2D eigenvalue weighted by Crippen LogP contribution is -2.50. The molecule has 2 amide bonds. The normalized spacial score (nSPS) is 15.1. The Kier molecular flexibility index (Phi) is 5.32. The minimum absolute atomic E-state index is 0.0317. The molecule has 0 atom stereocenters. The van der Waals surface area contributed by atoms with Crippen molar-refractivity contribution in [2.75, 3.05) is 11.9 Å². The van der Waals surface area contributed by atoms with Gasteiger partial charge in [-0.15, -0.1) is 0 Å². The highest BCUT2D eigenvalue weighted by atomic mass is 16.3. The number of nitrogens with one attached hydrogen (secondary N) is 2. The monoisotopic (exact) mass is 335 g/mol. The molecule has 5 nitrogen and oxygen atoms in total. The topological polar surface area (TPSA) is 74.2 Å². The SMILES string of the molecule is O=C(Nc1cccc(C#Cc2ccccn2)c1)NC1(CO)CCCC1. The van der Waals surface area contributed by atoms with E-state index in [1.54, 1.807) is 6.20 Å². The van der Waals surface area contributed by atoms with E-state index in [9.17, 15) is 9.90 Å². The summed E-state index contributed by atoms with van der Waals surface area (Å²) in [5.74, 6) is 6.04. The van der Waals surface area contributed by atoms with Crippen molar-refractivity contribution in [3.63, 3.8) is 0 Å². The van der Waals surface area contributed by atoms with E-state index in [0.29, 0.717) is 11.4 Å². The molecule has 1 saturated carbocycles. The number of aliphatic hydroxyl groups excluding tert-OH is 1. The van der Waals surface area contributed by atoms with Gasteiger partial charge in [0.25, 0.3) is 0 Å². The number of anilines is 1. The molecule has 0 saturated heterocycles. The van der Waals surface area contributed by atoms with Crippen LogP contribution in [0, 0.1) is 11.8 Å². The second kappa shape index (κ2) is 7.82. The molecule has 2 aromatic rings. The molecule has 0 aliphatic heterocycles. The zero-order valence-electron chi connectivity index (χ0n) is 14.0. The first-order chi connectivity index (χ1) is 12.2. The molecule has 1 fully saturated rings. The molecule has 0 spiro atoms. The maximum absolute atomic E-state index is 12.2. The van der Waals surface area contributed by atoms with Gasteiger partial charge in [0.1, 0.15) is 5.69 Å². The predicted molar refractivity (Wildman–Crippen MR) is 97.1 cm³/mol. The molecular weight excluding hydrogens is 314 g/mol. The number of aliphatic hydroxyl groups is 1. The summed E-state index contributed by atoms with van der Waals surface area (Å²) in [6, 6.07) is 12.6. The number of hydrogen-bond acceptors (Lipinski definition) is 3. The predicted octanol–water partition coefficient (Wildman–Crippen LogP) is 2.91. The molecule has 0 bridgehead atoms. The van der Waals surface area contributed by atoms with Crippen LogP contribution in [0.3, 0.4) is 0 Å². The number of nitrogens with zero attached hydrogens (tertiary/aromatic N) is 1. The maximum atomic E-state index is 12.2. The van der Waals surface area contributed by atoms with Gasteiger partial charge in [0, 0.05) is 17.4 Å². The molecule has 3 rings (SSSR count). The van der Waals surface area contributed by atoms with Crippen LogP contribution in [0.25, 0.3) is 0 Å². The van der Waals surface area contributed by atoms with Gasteiger partial charge >= 0.3 is 6.03 Å². The second-order valence-electron chi connectivity index (χ2n) is 6.27. The largest absolute Gasteiger partial charge is 0.394 e. The van der Waals surface area contributed by atoms with Gasteiger partial charge in [-0.1, -0.05) is 30.9 Å². The Morgan fingerprint density at radius 3 is 2.72 bits per heavy atom. The van der Waals surface area contributed by atoms with E-state index < -0.39 is 5.54 Å². The molecule has 1 heterocycles. The summed E-state index contributed by atoms with van der Waals surface area (Å²) in [5.41, 5.74) is 1.67. The summed E-state index contributed by atoms with van der Waals surface area (Å²) in [6.07, 6.45) is 5.38. The Labute approximate surface area is 147 Å². The number of benzene rings is 1. The highest BCUT2D eigenvalue weighted by Crippen LogP contribution is 2.29. The van der Waals surface area contributed by atoms with E-state index in [1.807, 2.05) is 42.5 Å². The van der Waals surface area contributed by atoms with Crippen molar-refractivity contribution in [3.8, 4) is 11.8 Å². The van der Waals surface area contributed by atoms with Crippen LogP contribution in [0.2, 0.25) is 0 Å². The van der Waals surface area contributed by atoms with Crippen molar-refractivity contribution in [1.29, 1.82) is 0 Å². The van der Waals surface area contributed by atoms with Crippen LogP contribution in [0.15, 0.2) is 48.7 Å². The lowest BCUT2D eigenvalue weighted by atomic mass is 9.99. The number of carbonyl (C=O) groups excluding carboxylic acids is 1. The fraction of sp³-hybridized carbons (Fsp3) is 0.300. The number of urea groups is 1. The minimum atomic E-state index is -0.486. The smallest absolute Gasteiger partial charge is 0.319 e. The lowest BCUT2D eigenvalue weighted by molar-refractivity contribution is 0.167. The molecule has 1 aromatic heterocycles. The number of hydrogen-bond donors (Lipinski definition) is 3. The molecule has 5 heteroatoms. The van der Waals surface area contributed by atoms with Crippen molar-refractivity contribution >= 4 is 11.7 Å². The van der Waals surface area contributed by atoms with E-state index in [4.69, 9.17) is 0 Å². The highest BCUT2D eigenvalue weighted by Gasteiger charge is 2.34. The van der Waals surface area contributed by atoms with Crippen molar-refractivity contribution in [3.05, 3.63) is 59.9 Å². The number of amides is 2. The minimum Gasteiger partial charge on any atom is -0.394 e. The molecule has 3 N–H and O–H groups in total. The Balaban J connectivity index is 1.65. The molecule has 1 aliphatic carbocycles. The van der Waals surface area contributed by atoms with Gasteiger partial charge in [-0.2, -0.15) is 0 Å². The van der Waals surface area contributed by atoms with Gasteiger partial charge in [-0.25, -0.2) is 9.78 Å². The first-order valence-electron chi connectivity index (χ1n) is 8.42. The quantitative estimate of drug-likeness (QED) is 0.755. The van der Waals surface area contributed by atoms with Crippen LogP contribution in [0.5, 0.6) is 0 Å². The first kappa shape index (κ1) is 17.0. The summed E-state index contributed by atoms with van der Waals surface area (Å²) < 4.78 is 0. The van der Waals surface area contributed by atoms with Crippen LogP contribution in [0.4, 0.5) is 10.5 Å². The average Bonchev–Trinajstić information content (AvgIpc) is 3.10. The number of aromatic nitrogens is 1. The van der Waals surface area contributed by atoms with E-state index in [1.165, 1.54) is 0 Å². The van der Waals surface area contributed by atoms with Gasteiger partial charge in [0.05, 0.1) is 12.1 Å². The van der Waals surface area contributed by atoms with Crippen molar-refractivity contribution < 1.29 is 9.90 Å². The molecule has 128 valence electrons. The fourth-order valence-electron chi connectivity index (χ4n) is 3.03. The summed E-state index contributed by atoms with van der Waals surface area (Å²) in [4.78, 5) is 16.4. The zero-order valence-corrected chi connectivity index (χ0v) is 14.0. The van der Waals surface area contributed by atoms with Crippen LogP contribution in [-0.4, -0.2) is 28.3 Å². The second-order valence-corrected chi connectivity index (χ2v) is 6.27. The first-order valence-corrected chi connectivity index (χ1v) is 8.42. The van der Waals surface area contributed by atoms with Crippen molar-refractivity contribution in [1.82, 2.24) is 10.3 Å². The third kappa shape index (κ3) is 4.59. The lowest BCUT2D eigenvalue weighted by Gasteiger charge is -2.27. The number of pyridine rings is 1. The van der Waals surface area contributed by atoms with E-state index in [2.05, 4.69) is 27.5 Å². The molecule has 1 aromatic carbocycles. The van der Waals surface area contributed by atoms with Gasteiger partial charge < -0.3 is 15.7 Å². The molecule has 1 aliphatic rings. The van der Waals surface area contributed by atoms with Crippen LogP contribution in [0.1, 0.15) is 36.9 Å². The van der Waals surface area contributed by atoms with Gasteiger partial charge in [-0.3, -0.25) is 0 Å². The molecule has 25 heavy (non-hydrogen) atoms. The summed E-state index contributed by atoms with van der Waals surface area (Å²) >= 11 is 0. The maximum Gasteiger partial charge on any atom is 0.319 e. The molecule has 0 unspecified atom stereocenters. The Bertz CT molecular complexity index is 787. The Hall–Kier alpha value is -2.84. The van der Waals surface area contributed by atoms with Crippen molar-refractivity contribution in [2.45, 2.75) is 31.2 Å². The summed E-state index contributed by atoms with van der Waals surface area (Å²) in [7, 11) is 0. The molecular formula is C20H21N3O2. The number of rotatable bonds is 3. The zero-order chi connectivity index (χ0) is 17.5.